The summed E-state index contributed by atoms with van der Waals surface area (Å²) in [6.45, 7) is 7.84. The Labute approximate surface area is 204 Å². The van der Waals surface area contributed by atoms with Gasteiger partial charge in [-0.1, -0.05) is 30.0 Å². The van der Waals surface area contributed by atoms with Gasteiger partial charge in [-0.25, -0.2) is 4.79 Å². The third-order valence-electron chi connectivity index (χ3n) is 5.90. The number of anilines is 1. The molecule has 1 aromatic heterocycles. The Hall–Kier alpha value is -3.07. The number of nitrogens with one attached hydrogen (secondary N) is 1. The Morgan fingerprint density at radius 1 is 1.23 bits per heavy atom. The van der Waals surface area contributed by atoms with Gasteiger partial charge in [0.1, 0.15) is 18.0 Å². The average Bonchev–Trinajstić information content (AvgIpc) is 3.07. The molecular formula is C25H32N4O6. The highest BCUT2D eigenvalue weighted by atomic mass is 16.6. The summed E-state index contributed by atoms with van der Waals surface area (Å²) in [7, 11) is 0. The zero-order chi connectivity index (χ0) is 25.8. The van der Waals surface area contributed by atoms with E-state index in [4.69, 9.17) is 4.74 Å². The second kappa shape index (κ2) is 11.1. The molecule has 3 rings (SSSR count). The number of nitrogens with zero attached hydrogens (tertiary/aromatic N) is 3. The van der Waals surface area contributed by atoms with Gasteiger partial charge in [-0.2, -0.15) is 4.98 Å². The van der Waals surface area contributed by atoms with E-state index in [2.05, 4.69) is 27.0 Å². The number of amides is 1. The lowest BCUT2D eigenvalue weighted by molar-refractivity contribution is -0.0765. The molecule has 4 atom stereocenters. The first-order chi connectivity index (χ1) is 16.6. The minimum atomic E-state index is -2.17. The van der Waals surface area contributed by atoms with Gasteiger partial charge in [0.05, 0.1) is 13.2 Å². The van der Waals surface area contributed by atoms with Crippen LogP contribution < -0.4 is 11.0 Å². The number of aliphatic hydroxyl groups is 3. The SMILES string of the molecule is CC(C)N(CC#CC1(O)[C@@H](O)[C@@H](CO)O[C@H]1n1ccc(NC(=O)c2ccccc2)nc1=O)C(C)C. The van der Waals surface area contributed by atoms with Gasteiger partial charge in [-0.05, 0) is 45.9 Å². The molecule has 1 amide bonds. The lowest BCUT2D eigenvalue weighted by Gasteiger charge is -2.29. The van der Waals surface area contributed by atoms with Gasteiger partial charge >= 0.3 is 5.69 Å². The van der Waals surface area contributed by atoms with Gasteiger partial charge in [0, 0.05) is 23.8 Å². The van der Waals surface area contributed by atoms with E-state index in [9.17, 15) is 24.9 Å². The number of hydrogen-bond acceptors (Lipinski definition) is 8. The Morgan fingerprint density at radius 3 is 2.46 bits per heavy atom. The highest BCUT2D eigenvalue weighted by Crippen LogP contribution is 2.37. The number of rotatable bonds is 7. The van der Waals surface area contributed by atoms with Crippen LogP contribution in [0.25, 0.3) is 0 Å². The number of aromatic nitrogens is 2. The molecule has 0 radical (unpaired) electrons. The summed E-state index contributed by atoms with van der Waals surface area (Å²) in [5, 5.41) is 34.1. The summed E-state index contributed by atoms with van der Waals surface area (Å²) in [5.74, 6) is 5.14. The van der Waals surface area contributed by atoms with E-state index < -0.39 is 42.2 Å². The van der Waals surface area contributed by atoms with Crippen LogP contribution in [0, 0.1) is 11.8 Å². The fraction of sp³-hybridized carbons (Fsp3) is 0.480. The molecule has 0 spiro atoms. The zero-order valence-corrected chi connectivity index (χ0v) is 20.3. The quantitative estimate of drug-likeness (QED) is 0.420. The van der Waals surface area contributed by atoms with Crippen LogP contribution in [-0.4, -0.2) is 78.7 Å². The van der Waals surface area contributed by atoms with Crippen LogP contribution >= 0.6 is 0 Å². The van der Waals surface area contributed by atoms with Crippen molar-refractivity contribution in [3.63, 3.8) is 0 Å². The van der Waals surface area contributed by atoms with Crippen molar-refractivity contribution in [3.8, 4) is 11.8 Å². The first-order valence-electron chi connectivity index (χ1n) is 11.5. The molecule has 1 unspecified atom stereocenters. The molecule has 1 aliphatic rings. The minimum absolute atomic E-state index is 0.0106. The van der Waals surface area contributed by atoms with Gasteiger partial charge in [0.25, 0.3) is 5.91 Å². The second-order valence-electron chi connectivity index (χ2n) is 8.96. The lowest BCUT2D eigenvalue weighted by atomic mass is 9.94. The van der Waals surface area contributed by atoms with Gasteiger partial charge in [-0.15, -0.1) is 0 Å². The Morgan fingerprint density at radius 2 is 1.89 bits per heavy atom. The Bertz CT molecular complexity index is 1130. The van der Waals surface area contributed by atoms with Crippen molar-refractivity contribution in [1.82, 2.24) is 14.5 Å². The van der Waals surface area contributed by atoms with E-state index in [1.807, 2.05) is 27.7 Å². The smallest absolute Gasteiger partial charge is 0.351 e. The summed E-state index contributed by atoms with van der Waals surface area (Å²) < 4.78 is 6.60. The molecule has 0 bridgehead atoms. The van der Waals surface area contributed by atoms with E-state index in [0.717, 1.165) is 4.57 Å². The topological polar surface area (TPSA) is 137 Å². The monoisotopic (exact) mass is 484 g/mol. The molecular weight excluding hydrogens is 452 g/mol. The number of ether oxygens (including phenoxy) is 1. The molecule has 2 aromatic rings. The van der Waals surface area contributed by atoms with Crippen LogP contribution in [-0.2, 0) is 4.74 Å². The van der Waals surface area contributed by atoms with E-state index in [-0.39, 0.29) is 17.9 Å². The fourth-order valence-corrected chi connectivity index (χ4v) is 4.00. The van der Waals surface area contributed by atoms with E-state index >= 15 is 0 Å². The number of carbonyl (C=O) groups excluding carboxylic acids is 1. The maximum atomic E-state index is 12.8. The first kappa shape index (κ1) is 26.5. The number of aliphatic hydroxyl groups excluding tert-OH is 2. The van der Waals surface area contributed by atoms with Crippen molar-refractivity contribution in [3.05, 3.63) is 58.6 Å². The van der Waals surface area contributed by atoms with Crippen LogP contribution in [0.4, 0.5) is 5.82 Å². The van der Waals surface area contributed by atoms with Crippen molar-refractivity contribution < 1.29 is 24.9 Å². The van der Waals surface area contributed by atoms with Crippen LogP contribution in [0.15, 0.2) is 47.4 Å². The molecule has 2 heterocycles. The Kier molecular flexibility index (Phi) is 8.43. The maximum Gasteiger partial charge on any atom is 0.351 e. The van der Waals surface area contributed by atoms with Crippen molar-refractivity contribution in [1.29, 1.82) is 0 Å². The standard InChI is InChI=1S/C25H32N4O6/c1-16(2)28(17(3)4)13-8-12-25(34)21(31)19(15-30)35-23(25)29-14-11-20(27-24(29)33)26-22(32)18-9-6-5-7-10-18/h5-7,9-11,14,16-17,19,21,23,30-31,34H,13,15H2,1-4H3,(H,26,27,32,33)/t19-,21+,23-,25?/m1/s1. The summed E-state index contributed by atoms with van der Waals surface area (Å²) >= 11 is 0. The predicted octanol–water partition coefficient (Wildman–Crippen LogP) is 0.599. The van der Waals surface area contributed by atoms with Crippen molar-refractivity contribution in [2.45, 2.75) is 63.8 Å². The molecule has 4 N–H and O–H groups in total. The third-order valence-corrected chi connectivity index (χ3v) is 5.90. The third kappa shape index (κ3) is 5.78. The summed E-state index contributed by atoms with van der Waals surface area (Å²) in [6, 6.07) is 10.2. The first-order valence-corrected chi connectivity index (χ1v) is 11.5. The van der Waals surface area contributed by atoms with Crippen LogP contribution in [0.1, 0.15) is 44.3 Å². The van der Waals surface area contributed by atoms with Crippen LogP contribution in [0.2, 0.25) is 0 Å². The largest absolute Gasteiger partial charge is 0.394 e. The van der Waals surface area contributed by atoms with Crippen LogP contribution in [0.5, 0.6) is 0 Å². The summed E-state index contributed by atoms with van der Waals surface area (Å²) in [6.07, 6.45) is -2.86. The summed E-state index contributed by atoms with van der Waals surface area (Å²) in [5.41, 5.74) is -2.61. The zero-order valence-electron chi connectivity index (χ0n) is 20.3. The van der Waals surface area contributed by atoms with Gasteiger partial charge in [-0.3, -0.25) is 14.3 Å². The molecule has 10 nitrogen and oxygen atoms in total. The molecule has 35 heavy (non-hydrogen) atoms. The van der Waals surface area contributed by atoms with E-state index in [1.165, 1.54) is 12.3 Å². The van der Waals surface area contributed by atoms with Gasteiger partial charge < -0.3 is 25.4 Å². The average molecular weight is 485 g/mol. The normalized spacial score (nSPS) is 24.0. The molecule has 0 aliphatic carbocycles. The van der Waals surface area contributed by atoms with Gasteiger partial charge in [0.2, 0.25) is 0 Å². The molecule has 1 aliphatic heterocycles. The Balaban J connectivity index is 1.88. The number of carbonyl (C=O) groups is 1. The molecule has 0 saturated carbocycles. The number of benzene rings is 1. The van der Waals surface area contributed by atoms with Crippen molar-refractivity contribution in [2.75, 3.05) is 18.5 Å². The predicted molar refractivity (Wildman–Crippen MR) is 130 cm³/mol. The molecule has 1 saturated heterocycles. The maximum absolute atomic E-state index is 12.8. The fourth-order valence-electron chi connectivity index (χ4n) is 4.00. The van der Waals surface area contributed by atoms with E-state index in [1.54, 1.807) is 30.3 Å². The van der Waals surface area contributed by atoms with Crippen LogP contribution in [0.3, 0.4) is 0 Å². The highest BCUT2D eigenvalue weighted by molar-refractivity contribution is 6.03. The minimum Gasteiger partial charge on any atom is -0.394 e. The van der Waals surface area contributed by atoms with Crippen molar-refractivity contribution >= 4 is 11.7 Å². The lowest BCUT2D eigenvalue weighted by Crippen LogP contribution is -2.48. The van der Waals surface area contributed by atoms with Crippen molar-refractivity contribution in [2.24, 2.45) is 0 Å². The molecule has 10 heteroatoms. The molecule has 1 aromatic carbocycles. The van der Waals surface area contributed by atoms with Gasteiger partial charge in [0.15, 0.2) is 11.8 Å². The molecule has 1 fully saturated rings. The summed E-state index contributed by atoms with van der Waals surface area (Å²) in [4.78, 5) is 31.1. The highest BCUT2D eigenvalue weighted by Gasteiger charge is 2.55. The van der Waals surface area contributed by atoms with E-state index in [0.29, 0.717) is 12.1 Å². The molecule has 188 valence electrons. The number of hydrogen-bond donors (Lipinski definition) is 4. The second-order valence-corrected chi connectivity index (χ2v) is 8.96.